The molecular formula is C9H16N4O2S2. The van der Waals surface area contributed by atoms with E-state index in [0.29, 0.717) is 24.5 Å². The van der Waals surface area contributed by atoms with Crippen LogP contribution in [0, 0.1) is 6.92 Å². The first-order valence-electron chi connectivity index (χ1n) is 5.39. The lowest BCUT2D eigenvalue weighted by Crippen LogP contribution is -2.38. The molecule has 1 fully saturated rings. The van der Waals surface area contributed by atoms with E-state index in [0.717, 1.165) is 11.5 Å². The molecule has 1 aliphatic rings. The van der Waals surface area contributed by atoms with E-state index in [1.165, 1.54) is 4.31 Å². The Balaban J connectivity index is 2.39. The highest BCUT2D eigenvalue weighted by molar-refractivity contribution is 7.99. The van der Waals surface area contributed by atoms with Crippen molar-refractivity contribution in [2.45, 2.75) is 18.4 Å². The molecule has 1 saturated heterocycles. The molecular weight excluding hydrogens is 260 g/mol. The molecule has 0 radical (unpaired) electrons. The van der Waals surface area contributed by atoms with Crippen LogP contribution in [-0.4, -0.2) is 47.5 Å². The van der Waals surface area contributed by atoms with Crippen molar-refractivity contribution >= 4 is 21.8 Å². The predicted molar refractivity (Wildman–Crippen MR) is 67.3 cm³/mol. The van der Waals surface area contributed by atoms with Gasteiger partial charge in [-0.1, -0.05) is 0 Å². The fraction of sp³-hybridized carbons (Fsp3) is 0.667. The van der Waals surface area contributed by atoms with Gasteiger partial charge in [-0.25, -0.2) is 8.42 Å². The minimum Gasteiger partial charge on any atom is -0.325 e. The highest BCUT2D eigenvalue weighted by Gasteiger charge is 2.31. The zero-order valence-corrected chi connectivity index (χ0v) is 11.3. The number of aromatic nitrogens is 2. The van der Waals surface area contributed by atoms with Crippen molar-refractivity contribution in [1.82, 2.24) is 14.5 Å². The quantitative estimate of drug-likeness (QED) is 0.805. The average Bonchev–Trinajstić information content (AvgIpc) is 2.72. The van der Waals surface area contributed by atoms with E-state index in [-0.39, 0.29) is 11.4 Å². The van der Waals surface area contributed by atoms with Crippen LogP contribution < -0.4 is 5.73 Å². The second-order valence-electron chi connectivity index (χ2n) is 3.85. The van der Waals surface area contributed by atoms with Crippen LogP contribution in [0.3, 0.4) is 0 Å². The van der Waals surface area contributed by atoms with Crippen molar-refractivity contribution in [3.05, 3.63) is 11.4 Å². The number of thioether (sulfide) groups is 1. The first-order chi connectivity index (χ1) is 8.07. The van der Waals surface area contributed by atoms with Crippen LogP contribution in [0.4, 0.5) is 0 Å². The molecule has 8 heteroatoms. The number of nitrogens with zero attached hydrogens (tertiary/aromatic N) is 2. The fourth-order valence-corrected chi connectivity index (χ4v) is 4.78. The predicted octanol–water partition coefficient (Wildman–Crippen LogP) is -0.0857. The van der Waals surface area contributed by atoms with E-state index in [1.54, 1.807) is 18.7 Å². The van der Waals surface area contributed by atoms with E-state index in [9.17, 15) is 8.42 Å². The minimum atomic E-state index is -3.45. The summed E-state index contributed by atoms with van der Waals surface area (Å²) >= 11 is 1.77. The third-order valence-corrected chi connectivity index (χ3v) is 5.77. The van der Waals surface area contributed by atoms with Crippen molar-refractivity contribution in [3.8, 4) is 0 Å². The third kappa shape index (κ3) is 2.35. The number of sulfonamides is 1. The van der Waals surface area contributed by atoms with Gasteiger partial charge in [0, 0.05) is 31.1 Å². The Bertz CT molecular complexity index is 491. The van der Waals surface area contributed by atoms with Crippen LogP contribution >= 0.6 is 11.8 Å². The van der Waals surface area contributed by atoms with Gasteiger partial charge in [0.1, 0.15) is 4.90 Å². The normalized spacial score (nSPS) is 18.5. The van der Waals surface area contributed by atoms with Gasteiger partial charge >= 0.3 is 0 Å². The molecule has 2 heterocycles. The van der Waals surface area contributed by atoms with Gasteiger partial charge in [0.25, 0.3) is 0 Å². The van der Waals surface area contributed by atoms with E-state index < -0.39 is 10.0 Å². The van der Waals surface area contributed by atoms with Crippen molar-refractivity contribution in [2.75, 3.05) is 24.6 Å². The molecule has 0 spiro atoms. The van der Waals surface area contributed by atoms with Crippen LogP contribution in [0.1, 0.15) is 11.4 Å². The highest BCUT2D eigenvalue weighted by atomic mass is 32.2. The summed E-state index contributed by atoms with van der Waals surface area (Å²) in [6, 6.07) is 0. The number of aryl methyl sites for hydroxylation is 1. The molecule has 96 valence electrons. The van der Waals surface area contributed by atoms with Crippen LogP contribution in [0.2, 0.25) is 0 Å². The lowest BCUT2D eigenvalue weighted by molar-refractivity contribution is 0.442. The van der Waals surface area contributed by atoms with Crippen molar-refractivity contribution in [3.63, 3.8) is 0 Å². The summed E-state index contributed by atoms with van der Waals surface area (Å²) in [4.78, 5) is 0.256. The van der Waals surface area contributed by atoms with Gasteiger partial charge in [-0.05, 0) is 6.92 Å². The second kappa shape index (κ2) is 4.97. The lowest BCUT2D eigenvalue weighted by Gasteiger charge is -2.25. The van der Waals surface area contributed by atoms with Gasteiger partial charge in [0.15, 0.2) is 0 Å². The van der Waals surface area contributed by atoms with Gasteiger partial charge in [-0.3, -0.25) is 5.10 Å². The van der Waals surface area contributed by atoms with Crippen molar-refractivity contribution in [2.24, 2.45) is 5.73 Å². The Morgan fingerprint density at radius 2 is 2.12 bits per heavy atom. The summed E-state index contributed by atoms with van der Waals surface area (Å²) in [6.45, 7) is 2.95. The van der Waals surface area contributed by atoms with Gasteiger partial charge in [0.05, 0.1) is 11.4 Å². The molecule has 0 aliphatic carbocycles. The number of aromatic amines is 1. The number of nitrogens with one attached hydrogen (secondary N) is 1. The van der Waals surface area contributed by atoms with Crippen molar-refractivity contribution < 1.29 is 8.42 Å². The number of nitrogens with two attached hydrogens (primary N) is 1. The molecule has 0 amide bonds. The molecule has 1 aliphatic heterocycles. The monoisotopic (exact) mass is 276 g/mol. The maximum Gasteiger partial charge on any atom is 0.246 e. The number of rotatable bonds is 3. The van der Waals surface area contributed by atoms with E-state index in [1.807, 2.05) is 0 Å². The fourth-order valence-electron chi connectivity index (χ4n) is 1.87. The molecule has 0 atom stereocenters. The van der Waals surface area contributed by atoms with E-state index in [4.69, 9.17) is 5.73 Å². The molecule has 17 heavy (non-hydrogen) atoms. The summed E-state index contributed by atoms with van der Waals surface area (Å²) in [5.74, 6) is 1.68. The van der Waals surface area contributed by atoms with Gasteiger partial charge in [-0.15, -0.1) is 0 Å². The number of hydrogen-bond acceptors (Lipinski definition) is 5. The average molecular weight is 276 g/mol. The molecule has 6 nitrogen and oxygen atoms in total. The maximum absolute atomic E-state index is 12.4. The summed E-state index contributed by atoms with van der Waals surface area (Å²) in [7, 11) is -3.45. The standard InChI is InChI=1S/C9H16N4O2S2/c1-7-9(8(6-10)12-11-7)17(14,15)13-2-4-16-5-3-13/h2-6,10H2,1H3,(H,11,12). The lowest BCUT2D eigenvalue weighted by atomic mass is 10.4. The van der Waals surface area contributed by atoms with Gasteiger partial charge < -0.3 is 5.73 Å². The van der Waals surface area contributed by atoms with Crippen LogP contribution in [0.15, 0.2) is 4.90 Å². The summed E-state index contributed by atoms with van der Waals surface area (Å²) in [5.41, 5.74) is 6.50. The van der Waals surface area contributed by atoms with Crippen LogP contribution in [0.5, 0.6) is 0 Å². The molecule has 2 rings (SSSR count). The molecule has 0 unspecified atom stereocenters. The van der Waals surface area contributed by atoms with Gasteiger partial charge in [-0.2, -0.15) is 21.2 Å². The zero-order valence-electron chi connectivity index (χ0n) is 9.64. The van der Waals surface area contributed by atoms with Crippen LogP contribution in [-0.2, 0) is 16.6 Å². The Morgan fingerprint density at radius 1 is 1.47 bits per heavy atom. The molecule has 3 N–H and O–H groups in total. The van der Waals surface area contributed by atoms with Crippen molar-refractivity contribution in [1.29, 1.82) is 0 Å². The summed E-state index contributed by atoms with van der Waals surface area (Å²) < 4.78 is 26.4. The molecule has 0 aromatic carbocycles. The molecule has 1 aromatic heterocycles. The highest BCUT2D eigenvalue weighted by Crippen LogP contribution is 2.24. The SMILES string of the molecule is Cc1[nH]nc(CN)c1S(=O)(=O)N1CCSCC1. The minimum absolute atomic E-state index is 0.126. The zero-order chi connectivity index (χ0) is 12.5. The Labute approximate surface area is 105 Å². The largest absolute Gasteiger partial charge is 0.325 e. The first kappa shape index (κ1) is 12.9. The Morgan fingerprint density at radius 3 is 2.71 bits per heavy atom. The second-order valence-corrected chi connectivity index (χ2v) is 6.94. The summed E-state index contributed by atoms with van der Waals surface area (Å²) in [5, 5.41) is 6.63. The molecule has 0 bridgehead atoms. The first-order valence-corrected chi connectivity index (χ1v) is 7.98. The molecule has 0 saturated carbocycles. The number of hydrogen-bond donors (Lipinski definition) is 2. The third-order valence-electron chi connectivity index (χ3n) is 2.72. The topological polar surface area (TPSA) is 92.1 Å². The summed E-state index contributed by atoms with van der Waals surface area (Å²) in [6.07, 6.45) is 0. The Kier molecular flexibility index (Phi) is 3.76. The van der Waals surface area contributed by atoms with E-state index in [2.05, 4.69) is 10.2 Å². The van der Waals surface area contributed by atoms with Crippen LogP contribution in [0.25, 0.3) is 0 Å². The van der Waals surface area contributed by atoms with E-state index >= 15 is 0 Å². The maximum atomic E-state index is 12.4. The van der Waals surface area contributed by atoms with Gasteiger partial charge in [0.2, 0.25) is 10.0 Å². The number of H-pyrrole nitrogens is 1. The molecule has 1 aromatic rings. The smallest absolute Gasteiger partial charge is 0.246 e. The Hall–Kier alpha value is -0.570.